The van der Waals surface area contributed by atoms with Crippen LogP contribution < -0.4 is 5.32 Å². The molecule has 0 aliphatic rings. The third-order valence-electron chi connectivity index (χ3n) is 3.72. The number of aryl methyl sites for hydroxylation is 3. The van der Waals surface area contributed by atoms with Gasteiger partial charge in [0.1, 0.15) is 0 Å². The lowest BCUT2D eigenvalue weighted by atomic mass is 10.0. The predicted molar refractivity (Wildman–Crippen MR) is 87.3 cm³/mol. The fourth-order valence-corrected chi connectivity index (χ4v) is 2.61. The van der Waals surface area contributed by atoms with Crippen molar-refractivity contribution >= 4 is 11.7 Å². The molecule has 6 heteroatoms. The number of nitrogens with zero attached hydrogens (tertiary/aromatic N) is 4. The van der Waals surface area contributed by atoms with Gasteiger partial charge in [-0.25, -0.2) is 9.50 Å². The van der Waals surface area contributed by atoms with Gasteiger partial charge in [-0.1, -0.05) is 29.3 Å². The largest absolute Gasteiger partial charge is 0.343 e. The number of fused-ring (bicyclic) bond motifs is 1. The van der Waals surface area contributed by atoms with Crippen LogP contribution in [0.1, 0.15) is 46.0 Å². The second-order valence-corrected chi connectivity index (χ2v) is 5.85. The molecule has 0 aliphatic carbocycles. The maximum Gasteiger partial charge on any atom is 0.291 e. The van der Waals surface area contributed by atoms with Crippen LogP contribution in [0.15, 0.2) is 30.5 Å². The summed E-state index contributed by atoms with van der Waals surface area (Å²) in [5.41, 5.74) is 4.29. The Morgan fingerprint density at radius 1 is 1.17 bits per heavy atom. The van der Waals surface area contributed by atoms with Gasteiger partial charge in [-0.15, -0.1) is 5.10 Å². The molecule has 3 rings (SSSR count). The second kappa shape index (κ2) is 5.79. The van der Waals surface area contributed by atoms with Crippen LogP contribution in [0.5, 0.6) is 0 Å². The molecule has 3 aromatic rings. The zero-order valence-electron chi connectivity index (χ0n) is 13.7. The van der Waals surface area contributed by atoms with E-state index in [1.807, 2.05) is 33.8 Å². The molecule has 1 unspecified atom stereocenters. The third-order valence-corrected chi connectivity index (χ3v) is 3.72. The van der Waals surface area contributed by atoms with Crippen molar-refractivity contribution in [3.8, 4) is 0 Å². The average molecular weight is 309 g/mol. The van der Waals surface area contributed by atoms with Gasteiger partial charge in [-0.05, 0) is 39.3 Å². The molecule has 1 aromatic carbocycles. The van der Waals surface area contributed by atoms with Gasteiger partial charge in [-0.3, -0.25) is 4.79 Å². The number of benzene rings is 1. The van der Waals surface area contributed by atoms with Crippen molar-refractivity contribution in [2.75, 3.05) is 0 Å². The van der Waals surface area contributed by atoms with Crippen molar-refractivity contribution in [2.45, 2.75) is 33.7 Å². The van der Waals surface area contributed by atoms with Crippen molar-refractivity contribution in [1.82, 2.24) is 24.9 Å². The van der Waals surface area contributed by atoms with E-state index in [2.05, 4.69) is 38.6 Å². The Morgan fingerprint density at radius 3 is 2.52 bits per heavy atom. The maximum absolute atomic E-state index is 12.4. The lowest BCUT2D eigenvalue weighted by molar-refractivity contribution is 0.0929. The normalized spacial score (nSPS) is 12.3. The monoisotopic (exact) mass is 309 g/mol. The SMILES string of the molecule is Cc1cc(C)cc(C(C)NC(=O)c2nc3nccc(C)n3n2)c1. The van der Waals surface area contributed by atoms with E-state index < -0.39 is 0 Å². The number of carbonyl (C=O) groups is 1. The van der Waals surface area contributed by atoms with E-state index in [-0.39, 0.29) is 17.8 Å². The number of amides is 1. The topological polar surface area (TPSA) is 72.2 Å². The molecule has 0 aliphatic heterocycles. The lowest BCUT2D eigenvalue weighted by Crippen LogP contribution is -2.27. The Morgan fingerprint density at radius 2 is 1.87 bits per heavy atom. The highest BCUT2D eigenvalue weighted by molar-refractivity contribution is 5.91. The zero-order chi connectivity index (χ0) is 16.6. The van der Waals surface area contributed by atoms with Crippen LogP contribution in [0.3, 0.4) is 0 Å². The highest BCUT2D eigenvalue weighted by Crippen LogP contribution is 2.17. The van der Waals surface area contributed by atoms with Crippen molar-refractivity contribution in [1.29, 1.82) is 0 Å². The van der Waals surface area contributed by atoms with Gasteiger partial charge in [0.15, 0.2) is 0 Å². The van der Waals surface area contributed by atoms with Gasteiger partial charge < -0.3 is 5.32 Å². The van der Waals surface area contributed by atoms with Gasteiger partial charge in [0.05, 0.1) is 6.04 Å². The van der Waals surface area contributed by atoms with Gasteiger partial charge in [0.2, 0.25) is 5.82 Å². The van der Waals surface area contributed by atoms with E-state index >= 15 is 0 Å². The summed E-state index contributed by atoms with van der Waals surface area (Å²) in [6.45, 7) is 7.93. The first-order valence-corrected chi connectivity index (χ1v) is 7.51. The number of nitrogens with one attached hydrogen (secondary N) is 1. The summed E-state index contributed by atoms with van der Waals surface area (Å²) in [7, 11) is 0. The number of hydrogen-bond acceptors (Lipinski definition) is 4. The van der Waals surface area contributed by atoms with E-state index in [1.54, 1.807) is 10.7 Å². The van der Waals surface area contributed by atoms with Crippen LogP contribution >= 0.6 is 0 Å². The molecule has 2 heterocycles. The lowest BCUT2D eigenvalue weighted by Gasteiger charge is -2.14. The quantitative estimate of drug-likeness (QED) is 0.807. The van der Waals surface area contributed by atoms with Gasteiger partial charge >= 0.3 is 0 Å². The van der Waals surface area contributed by atoms with E-state index in [1.165, 1.54) is 11.1 Å². The molecular weight excluding hydrogens is 290 g/mol. The number of hydrogen-bond donors (Lipinski definition) is 1. The first-order chi connectivity index (χ1) is 10.9. The summed E-state index contributed by atoms with van der Waals surface area (Å²) in [4.78, 5) is 20.7. The molecule has 6 nitrogen and oxygen atoms in total. The maximum atomic E-state index is 12.4. The number of aromatic nitrogens is 4. The summed E-state index contributed by atoms with van der Waals surface area (Å²) in [6.07, 6.45) is 1.65. The molecule has 1 atom stereocenters. The first-order valence-electron chi connectivity index (χ1n) is 7.51. The summed E-state index contributed by atoms with van der Waals surface area (Å²) in [6, 6.07) is 7.95. The summed E-state index contributed by atoms with van der Waals surface area (Å²) in [5, 5.41) is 7.17. The van der Waals surface area contributed by atoms with Crippen LogP contribution in [-0.2, 0) is 0 Å². The van der Waals surface area contributed by atoms with Crippen LogP contribution in [0.4, 0.5) is 0 Å². The minimum absolute atomic E-state index is 0.123. The molecule has 23 heavy (non-hydrogen) atoms. The summed E-state index contributed by atoms with van der Waals surface area (Å²) in [5.74, 6) is 0.249. The van der Waals surface area contributed by atoms with Crippen LogP contribution in [-0.4, -0.2) is 25.5 Å². The molecule has 0 saturated heterocycles. The Hall–Kier alpha value is -2.76. The molecule has 1 amide bonds. The highest BCUT2D eigenvalue weighted by Gasteiger charge is 2.17. The van der Waals surface area contributed by atoms with Gasteiger partial charge in [-0.2, -0.15) is 4.98 Å². The Labute approximate surface area is 134 Å². The molecular formula is C17H19N5O. The van der Waals surface area contributed by atoms with E-state index in [4.69, 9.17) is 0 Å². The Bertz CT molecular complexity index is 864. The Balaban J connectivity index is 1.83. The van der Waals surface area contributed by atoms with E-state index in [0.717, 1.165) is 11.3 Å². The van der Waals surface area contributed by atoms with E-state index in [0.29, 0.717) is 5.78 Å². The summed E-state index contributed by atoms with van der Waals surface area (Å²) < 4.78 is 1.57. The first kappa shape index (κ1) is 15.1. The smallest absolute Gasteiger partial charge is 0.291 e. The summed E-state index contributed by atoms with van der Waals surface area (Å²) >= 11 is 0. The van der Waals surface area contributed by atoms with Crippen molar-refractivity contribution < 1.29 is 4.79 Å². The molecule has 0 bridgehead atoms. The predicted octanol–water partition coefficient (Wildman–Crippen LogP) is 2.54. The molecule has 2 aromatic heterocycles. The minimum atomic E-state index is -0.304. The average Bonchev–Trinajstić information content (AvgIpc) is 2.92. The van der Waals surface area contributed by atoms with E-state index in [9.17, 15) is 4.79 Å². The molecule has 0 spiro atoms. The van der Waals surface area contributed by atoms with Crippen molar-refractivity contribution in [3.63, 3.8) is 0 Å². The molecule has 1 N–H and O–H groups in total. The van der Waals surface area contributed by atoms with Gasteiger partial charge in [0.25, 0.3) is 11.7 Å². The van der Waals surface area contributed by atoms with Crippen molar-refractivity contribution in [3.05, 3.63) is 58.7 Å². The third kappa shape index (κ3) is 3.06. The fraction of sp³-hybridized carbons (Fsp3) is 0.294. The fourth-order valence-electron chi connectivity index (χ4n) is 2.61. The zero-order valence-corrected chi connectivity index (χ0v) is 13.7. The molecule has 0 fully saturated rings. The minimum Gasteiger partial charge on any atom is -0.343 e. The number of carbonyl (C=O) groups excluding carboxylic acids is 1. The van der Waals surface area contributed by atoms with Crippen molar-refractivity contribution in [2.24, 2.45) is 0 Å². The highest BCUT2D eigenvalue weighted by atomic mass is 16.2. The molecule has 0 radical (unpaired) electrons. The molecule has 118 valence electrons. The Kier molecular flexibility index (Phi) is 3.82. The van der Waals surface area contributed by atoms with Crippen LogP contribution in [0.2, 0.25) is 0 Å². The molecule has 0 saturated carbocycles. The second-order valence-electron chi connectivity index (χ2n) is 5.85. The standard InChI is InChI=1S/C17H19N5O/c1-10-7-11(2)9-14(8-10)13(4)19-16(23)15-20-17-18-6-5-12(3)22(17)21-15/h5-9,13H,1-4H3,(H,19,23). The van der Waals surface area contributed by atoms with Crippen LogP contribution in [0, 0.1) is 20.8 Å². The number of rotatable bonds is 3. The van der Waals surface area contributed by atoms with Gasteiger partial charge in [0, 0.05) is 11.9 Å². The van der Waals surface area contributed by atoms with Crippen LogP contribution in [0.25, 0.3) is 5.78 Å².